The Balaban J connectivity index is 1.93. The largest absolute Gasteiger partial charge is 0.512 e. The Hall–Kier alpha value is -3.03. The molecule has 28 heavy (non-hydrogen) atoms. The molecule has 0 heterocycles. The number of allylic oxidation sites excluding steroid dienone is 3. The maximum absolute atomic E-state index is 12.8. The number of primary sulfonamides is 1. The minimum atomic E-state index is -4.13. The lowest BCUT2D eigenvalue weighted by atomic mass is 9.86. The molecule has 6 nitrogen and oxygen atoms in total. The summed E-state index contributed by atoms with van der Waals surface area (Å²) in [5, 5.41) is 14.7. The third kappa shape index (κ3) is 3.67. The Labute approximate surface area is 163 Å². The zero-order valence-electron chi connectivity index (χ0n) is 15.2. The molecule has 1 atom stereocenters. The number of nitrogens with two attached hydrogens (primary N) is 1. The number of aliphatic hydroxyl groups is 1. The Bertz CT molecular complexity index is 1130. The maximum atomic E-state index is 12.8. The van der Waals surface area contributed by atoms with Gasteiger partial charge in [0, 0.05) is 23.5 Å². The van der Waals surface area contributed by atoms with E-state index in [1.807, 2.05) is 31.2 Å². The first-order valence-electron chi connectivity index (χ1n) is 8.51. The molecule has 0 radical (unpaired) electrons. The maximum Gasteiger partial charge on any atom is 0.238 e. The zero-order chi connectivity index (χ0) is 20.6. The number of hydrogen-bond donors (Lipinski definition) is 2. The molecule has 0 spiro atoms. The summed E-state index contributed by atoms with van der Waals surface area (Å²) in [5.41, 5.74) is 1.81. The number of fused-ring (bicyclic) bond motifs is 1. The van der Waals surface area contributed by atoms with Crippen LogP contribution in [0.3, 0.4) is 0 Å². The monoisotopic (exact) mass is 397 g/mol. The fourth-order valence-corrected chi connectivity index (χ4v) is 3.91. The van der Waals surface area contributed by atoms with Gasteiger partial charge < -0.3 is 5.11 Å². The molecule has 2 aromatic carbocycles. The van der Waals surface area contributed by atoms with Crippen LogP contribution in [0, 0.1) is 0 Å². The van der Waals surface area contributed by atoms with Crippen LogP contribution in [0.1, 0.15) is 44.7 Å². The van der Waals surface area contributed by atoms with Gasteiger partial charge in [0.2, 0.25) is 10.0 Å². The number of Topliss-reactive ketones (excluding diaryl/α,β-unsaturated/α-hetero) is 1. The van der Waals surface area contributed by atoms with Crippen LogP contribution in [-0.2, 0) is 16.4 Å². The number of carbonyl (C=O) groups excluding carboxylic acids is 2. The van der Waals surface area contributed by atoms with Gasteiger partial charge in [-0.2, -0.15) is 0 Å². The molecule has 0 aromatic heterocycles. The molecular weight excluding hydrogens is 378 g/mol. The SMILES string of the molecule is C=C(O)[C@@H](C)c1ccc(CC2=CC(=O)c3c(cccc3S(N)(=O)=O)C2=O)cc1. The summed E-state index contributed by atoms with van der Waals surface area (Å²) in [4.78, 5) is 25.0. The van der Waals surface area contributed by atoms with Crippen LogP contribution in [0.15, 0.2) is 71.3 Å². The van der Waals surface area contributed by atoms with Gasteiger partial charge >= 0.3 is 0 Å². The minimum Gasteiger partial charge on any atom is -0.512 e. The number of ketones is 2. The van der Waals surface area contributed by atoms with Gasteiger partial charge in [-0.15, -0.1) is 0 Å². The van der Waals surface area contributed by atoms with Gasteiger partial charge in [0.15, 0.2) is 11.6 Å². The van der Waals surface area contributed by atoms with E-state index >= 15 is 0 Å². The second-order valence-corrected chi connectivity index (χ2v) is 8.25. The second kappa shape index (κ2) is 7.18. The highest BCUT2D eigenvalue weighted by atomic mass is 32.2. The number of rotatable bonds is 5. The molecule has 2 aromatic rings. The lowest BCUT2D eigenvalue weighted by Gasteiger charge is -2.17. The number of benzene rings is 2. The lowest BCUT2D eigenvalue weighted by Crippen LogP contribution is -2.23. The van der Waals surface area contributed by atoms with Gasteiger partial charge in [-0.05, 0) is 23.3 Å². The van der Waals surface area contributed by atoms with Gasteiger partial charge in [-0.3, -0.25) is 9.59 Å². The summed E-state index contributed by atoms with van der Waals surface area (Å²) in [6.07, 6.45) is 1.39. The van der Waals surface area contributed by atoms with Crippen LogP contribution in [0.5, 0.6) is 0 Å². The van der Waals surface area contributed by atoms with Crippen molar-refractivity contribution in [2.75, 3.05) is 0 Å². The number of sulfonamides is 1. The van der Waals surface area contributed by atoms with Crippen molar-refractivity contribution in [3.63, 3.8) is 0 Å². The van der Waals surface area contributed by atoms with E-state index in [-0.39, 0.29) is 39.7 Å². The Kier molecular flexibility index (Phi) is 5.06. The summed E-state index contributed by atoms with van der Waals surface area (Å²) in [6.45, 7) is 5.35. The normalized spacial score (nSPS) is 15.0. The van der Waals surface area contributed by atoms with Crippen molar-refractivity contribution in [3.05, 3.63) is 88.7 Å². The molecule has 144 valence electrons. The first-order chi connectivity index (χ1) is 13.1. The average Bonchev–Trinajstić information content (AvgIpc) is 2.64. The van der Waals surface area contributed by atoms with Crippen molar-refractivity contribution in [1.82, 2.24) is 0 Å². The molecule has 0 fully saturated rings. The summed E-state index contributed by atoms with van der Waals surface area (Å²) < 4.78 is 23.5. The van der Waals surface area contributed by atoms with Gasteiger partial charge in [0.25, 0.3) is 0 Å². The molecular formula is C21H19NO5S. The third-order valence-corrected chi connectivity index (χ3v) is 5.75. The van der Waals surface area contributed by atoms with E-state index in [2.05, 4.69) is 6.58 Å². The molecule has 0 aliphatic heterocycles. The van der Waals surface area contributed by atoms with E-state index in [1.165, 1.54) is 24.3 Å². The van der Waals surface area contributed by atoms with Crippen molar-refractivity contribution in [2.24, 2.45) is 5.14 Å². The highest BCUT2D eigenvalue weighted by molar-refractivity contribution is 7.89. The summed E-state index contributed by atoms with van der Waals surface area (Å²) in [5.74, 6) is -1.11. The standard InChI is InChI=1S/C21H19NO5S/c1-12(13(2)23)15-8-6-14(7-9-15)10-16-11-18(24)20-17(21(16)25)4-3-5-19(20)28(22,26)27/h3-9,11-12,23H,2,10H2,1H3,(H2,22,26,27)/t12-/m1/s1. The summed E-state index contributed by atoms with van der Waals surface area (Å²) >= 11 is 0. The fourth-order valence-electron chi connectivity index (χ4n) is 3.15. The predicted molar refractivity (Wildman–Crippen MR) is 105 cm³/mol. The quantitative estimate of drug-likeness (QED) is 0.753. The minimum absolute atomic E-state index is 0.0378. The van der Waals surface area contributed by atoms with Crippen LogP contribution in [-0.4, -0.2) is 25.1 Å². The second-order valence-electron chi connectivity index (χ2n) is 6.72. The number of carbonyl (C=O) groups is 2. The van der Waals surface area contributed by atoms with E-state index in [0.29, 0.717) is 0 Å². The lowest BCUT2D eigenvalue weighted by molar-refractivity contribution is 0.0980. The molecule has 7 heteroatoms. The van der Waals surface area contributed by atoms with Gasteiger partial charge in [0.1, 0.15) is 0 Å². The molecule has 0 amide bonds. The van der Waals surface area contributed by atoms with Gasteiger partial charge in [-0.25, -0.2) is 13.6 Å². The van der Waals surface area contributed by atoms with E-state index < -0.39 is 21.6 Å². The van der Waals surface area contributed by atoms with Crippen molar-refractivity contribution in [2.45, 2.75) is 24.2 Å². The molecule has 0 bridgehead atoms. The molecule has 3 rings (SSSR count). The molecule has 0 unspecified atom stereocenters. The van der Waals surface area contributed by atoms with Crippen LogP contribution < -0.4 is 5.14 Å². The van der Waals surface area contributed by atoms with E-state index in [1.54, 1.807) is 0 Å². The van der Waals surface area contributed by atoms with Crippen LogP contribution >= 0.6 is 0 Å². The third-order valence-electron chi connectivity index (χ3n) is 4.79. The first kappa shape index (κ1) is 19.7. The topological polar surface area (TPSA) is 115 Å². The van der Waals surface area contributed by atoms with E-state index in [0.717, 1.165) is 11.1 Å². The molecule has 0 saturated carbocycles. The Morgan fingerprint density at radius 1 is 1.14 bits per heavy atom. The summed E-state index contributed by atoms with van der Waals surface area (Å²) in [6, 6.07) is 11.3. The van der Waals surface area contributed by atoms with E-state index in [4.69, 9.17) is 5.14 Å². The van der Waals surface area contributed by atoms with Crippen LogP contribution in [0.25, 0.3) is 0 Å². The summed E-state index contributed by atoms with van der Waals surface area (Å²) in [7, 11) is -4.13. The van der Waals surface area contributed by atoms with Crippen molar-refractivity contribution < 1.29 is 23.1 Å². The number of aliphatic hydroxyl groups excluding tert-OH is 1. The Morgan fingerprint density at radius 2 is 1.79 bits per heavy atom. The van der Waals surface area contributed by atoms with Crippen molar-refractivity contribution >= 4 is 21.6 Å². The fraction of sp³-hybridized carbons (Fsp3) is 0.143. The van der Waals surface area contributed by atoms with E-state index in [9.17, 15) is 23.1 Å². The molecule has 1 aliphatic rings. The van der Waals surface area contributed by atoms with Gasteiger partial charge in [-0.1, -0.05) is 49.9 Å². The molecule has 3 N–H and O–H groups in total. The highest BCUT2D eigenvalue weighted by Gasteiger charge is 2.30. The first-order valence-corrected chi connectivity index (χ1v) is 10.1. The van der Waals surface area contributed by atoms with Crippen LogP contribution in [0.4, 0.5) is 0 Å². The zero-order valence-corrected chi connectivity index (χ0v) is 16.0. The Morgan fingerprint density at radius 3 is 2.36 bits per heavy atom. The average molecular weight is 397 g/mol. The van der Waals surface area contributed by atoms with Crippen molar-refractivity contribution in [3.8, 4) is 0 Å². The predicted octanol–water partition coefficient (Wildman–Crippen LogP) is 3.06. The highest BCUT2D eigenvalue weighted by Crippen LogP contribution is 2.29. The smallest absolute Gasteiger partial charge is 0.238 e. The van der Waals surface area contributed by atoms with Gasteiger partial charge in [0.05, 0.1) is 16.2 Å². The number of hydrogen-bond acceptors (Lipinski definition) is 5. The van der Waals surface area contributed by atoms with Crippen molar-refractivity contribution in [1.29, 1.82) is 0 Å². The molecule has 1 aliphatic carbocycles. The van der Waals surface area contributed by atoms with Crippen LogP contribution in [0.2, 0.25) is 0 Å². The molecule has 0 saturated heterocycles.